The topological polar surface area (TPSA) is 74.2 Å². The lowest BCUT2D eigenvalue weighted by atomic mass is 9.83. The smallest absolute Gasteiger partial charge is 0.437 e. The maximum absolute atomic E-state index is 13.5. The molecule has 0 saturated carbocycles. The first-order valence-electron chi connectivity index (χ1n) is 10.5. The highest BCUT2D eigenvalue weighted by molar-refractivity contribution is 9.10. The molecule has 4 rings (SSSR count). The van der Waals surface area contributed by atoms with E-state index in [0.29, 0.717) is 13.1 Å². The molecule has 0 spiro atoms. The van der Waals surface area contributed by atoms with E-state index >= 15 is 0 Å². The fraction of sp³-hybridized carbons (Fsp3) is 0.435. The molecule has 7 nitrogen and oxygen atoms in total. The zero-order valence-corrected chi connectivity index (χ0v) is 21.0. The van der Waals surface area contributed by atoms with Crippen molar-refractivity contribution in [3.8, 4) is 0 Å². The van der Waals surface area contributed by atoms with Gasteiger partial charge in [-0.1, -0.05) is 30.3 Å². The number of thiophene rings is 1. The van der Waals surface area contributed by atoms with Gasteiger partial charge in [-0.05, 0) is 48.3 Å². The van der Waals surface area contributed by atoms with Crippen LogP contribution in [-0.4, -0.2) is 53.5 Å². The molecular formula is C23H27BrN4O3S. The van der Waals surface area contributed by atoms with E-state index in [2.05, 4.69) is 43.3 Å². The number of hydrogen-bond acceptors (Lipinski definition) is 5. The van der Waals surface area contributed by atoms with Gasteiger partial charge in [0.1, 0.15) is 11.1 Å². The molecule has 2 aliphatic heterocycles. The van der Waals surface area contributed by atoms with Gasteiger partial charge in [-0.15, -0.1) is 16.3 Å². The molecule has 2 aliphatic rings. The third kappa shape index (κ3) is 4.60. The molecule has 2 amide bonds. The van der Waals surface area contributed by atoms with Gasteiger partial charge in [0.25, 0.3) is 0 Å². The number of fused-ring (bicyclic) bond motifs is 1. The highest BCUT2D eigenvalue weighted by Gasteiger charge is 2.57. The zero-order chi connectivity index (χ0) is 23.1. The third-order valence-corrected chi connectivity index (χ3v) is 7.51. The van der Waals surface area contributed by atoms with Crippen LogP contribution in [0.4, 0.5) is 4.79 Å². The number of halogens is 1. The first-order chi connectivity index (χ1) is 15.1. The normalized spacial score (nSPS) is 25.0. The predicted molar refractivity (Wildman–Crippen MR) is 128 cm³/mol. The number of ether oxygens (including phenoxy) is 1. The average Bonchev–Trinajstić information content (AvgIpc) is 3.30. The second kappa shape index (κ2) is 8.61. The van der Waals surface area contributed by atoms with E-state index in [1.54, 1.807) is 39.2 Å². The second-order valence-corrected chi connectivity index (χ2v) is 11.1. The Labute approximate surface area is 200 Å². The molecule has 0 bridgehead atoms. The van der Waals surface area contributed by atoms with E-state index in [4.69, 9.17) is 4.74 Å². The van der Waals surface area contributed by atoms with Crippen LogP contribution < -0.4 is 5.32 Å². The van der Waals surface area contributed by atoms with E-state index in [9.17, 15) is 9.59 Å². The number of aliphatic imine (C=N–C) groups is 1. The van der Waals surface area contributed by atoms with Crippen LogP contribution in [0.1, 0.15) is 31.2 Å². The van der Waals surface area contributed by atoms with E-state index < -0.39 is 17.2 Å². The van der Waals surface area contributed by atoms with Crippen molar-refractivity contribution in [3.05, 3.63) is 56.7 Å². The summed E-state index contributed by atoms with van der Waals surface area (Å²) in [4.78, 5) is 34.8. The molecule has 2 fully saturated rings. The summed E-state index contributed by atoms with van der Waals surface area (Å²) in [5, 5.41) is 5.48. The molecule has 2 atom stereocenters. The number of benzene rings is 1. The minimum atomic E-state index is -0.722. The lowest BCUT2D eigenvalue weighted by Gasteiger charge is -2.43. The summed E-state index contributed by atoms with van der Waals surface area (Å²) in [6, 6.07) is 12.3. The summed E-state index contributed by atoms with van der Waals surface area (Å²) >= 11 is 5.13. The van der Waals surface area contributed by atoms with Crippen molar-refractivity contribution in [2.24, 2.45) is 10.9 Å². The molecule has 2 unspecified atom stereocenters. The van der Waals surface area contributed by atoms with Crippen LogP contribution in [0, 0.1) is 5.92 Å². The number of carbonyl (C=O) groups excluding carboxylic acids is 2. The molecular weight excluding hydrogens is 492 g/mol. The Hall–Kier alpha value is -2.23. The highest BCUT2D eigenvalue weighted by Crippen LogP contribution is 2.44. The quantitative estimate of drug-likeness (QED) is 0.659. The Morgan fingerprint density at radius 1 is 1.34 bits per heavy atom. The summed E-state index contributed by atoms with van der Waals surface area (Å²) in [5.74, 6) is -0.155. The molecule has 2 saturated heterocycles. The number of nitrogens with zero attached hydrogens (tertiary/aromatic N) is 3. The summed E-state index contributed by atoms with van der Waals surface area (Å²) in [6.45, 7) is 7.32. The average molecular weight is 519 g/mol. The van der Waals surface area contributed by atoms with Crippen molar-refractivity contribution in [1.82, 2.24) is 15.1 Å². The predicted octanol–water partition coefficient (Wildman–Crippen LogP) is 4.19. The fourth-order valence-corrected chi connectivity index (χ4v) is 5.90. The van der Waals surface area contributed by atoms with Crippen LogP contribution >= 0.6 is 27.3 Å². The summed E-state index contributed by atoms with van der Waals surface area (Å²) in [5.41, 5.74) is -0.149. The van der Waals surface area contributed by atoms with Gasteiger partial charge >= 0.3 is 6.09 Å². The molecule has 9 heteroatoms. The summed E-state index contributed by atoms with van der Waals surface area (Å²) in [7, 11) is 1.65. The summed E-state index contributed by atoms with van der Waals surface area (Å²) < 4.78 is 6.32. The monoisotopic (exact) mass is 518 g/mol. The minimum absolute atomic E-state index is 0.0638. The maximum Gasteiger partial charge on any atom is 0.437 e. The number of nitrogens with one attached hydrogen (secondary N) is 1. The van der Waals surface area contributed by atoms with Gasteiger partial charge in [0.2, 0.25) is 11.9 Å². The Kier molecular flexibility index (Phi) is 6.17. The number of likely N-dealkylation sites (tertiary alicyclic amines) is 1. The molecule has 1 N–H and O–H groups in total. The van der Waals surface area contributed by atoms with Gasteiger partial charge in [0, 0.05) is 41.4 Å². The second-order valence-electron chi connectivity index (χ2n) is 9.25. The van der Waals surface area contributed by atoms with E-state index in [1.807, 2.05) is 29.6 Å². The lowest BCUT2D eigenvalue weighted by Crippen LogP contribution is -2.65. The number of hydrogen-bond donors (Lipinski definition) is 1. The number of rotatable bonds is 3. The molecule has 1 aromatic heterocycles. The van der Waals surface area contributed by atoms with E-state index in [0.717, 1.165) is 15.9 Å². The Morgan fingerprint density at radius 3 is 2.69 bits per heavy atom. The third-order valence-electron chi connectivity index (χ3n) is 5.64. The first-order valence-corrected chi connectivity index (χ1v) is 12.1. The van der Waals surface area contributed by atoms with Crippen LogP contribution in [0.5, 0.6) is 0 Å². The lowest BCUT2D eigenvalue weighted by molar-refractivity contribution is -0.134. The summed E-state index contributed by atoms with van der Waals surface area (Å²) in [6.07, 6.45) is -0.722. The van der Waals surface area contributed by atoms with Crippen LogP contribution in [0.3, 0.4) is 0 Å². The number of carbonyl (C=O) groups is 2. The van der Waals surface area contributed by atoms with Gasteiger partial charge in [-0.25, -0.2) is 4.79 Å². The van der Waals surface area contributed by atoms with Gasteiger partial charge in [-0.2, -0.15) is 0 Å². The van der Waals surface area contributed by atoms with E-state index in [1.165, 1.54) is 10.5 Å². The van der Waals surface area contributed by atoms with Crippen molar-refractivity contribution in [2.45, 2.75) is 38.5 Å². The molecule has 170 valence electrons. The highest BCUT2D eigenvalue weighted by atomic mass is 79.9. The molecule has 0 radical (unpaired) electrons. The number of amides is 2. The molecule has 1 aromatic carbocycles. The largest absolute Gasteiger partial charge is 0.442 e. The van der Waals surface area contributed by atoms with Crippen molar-refractivity contribution >= 4 is 45.2 Å². The van der Waals surface area contributed by atoms with Gasteiger partial charge < -0.3 is 10.1 Å². The molecule has 32 heavy (non-hydrogen) atoms. The molecule has 0 aliphatic carbocycles. The number of guanidine groups is 1. The fourth-order valence-electron chi connectivity index (χ4n) is 4.27. The van der Waals surface area contributed by atoms with E-state index in [-0.39, 0.29) is 17.8 Å². The minimum Gasteiger partial charge on any atom is -0.442 e. The van der Waals surface area contributed by atoms with Crippen molar-refractivity contribution in [2.75, 3.05) is 20.1 Å². The van der Waals surface area contributed by atoms with Crippen LogP contribution in [0.15, 0.2) is 51.2 Å². The standard InChI is InChI=1S/C23H27BrN4O3S/c1-22(2,3)31-21(30)25-20-26-23(18-10-16(24)13-32-18)14-28(11-15-8-6-5-7-9-15)12-17(23)19(29)27(20)4/h5-10,13,17H,11-12,14H2,1-4H3,(H,25,26,30). The van der Waals surface area contributed by atoms with Crippen LogP contribution in [0.2, 0.25) is 0 Å². The Morgan fingerprint density at radius 2 is 2.06 bits per heavy atom. The van der Waals surface area contributed by atoms with Crippen molar-refractivity contribution in [1.29, 1.82) is 0 Å². The molecule has 3 heterocycles. The first kappa shape index (κ1) is 22.9. The van der Waals surface area contributed by atoms with Gasteiger partial charge in [0.15, 0.2) is 0 Å². The maximum atomic E-state index is 13.5. The Bertz CT molecular complexity index is 1050. The molecule has 2 aromatic rings. The SMILES string of the molecule is CN1C(=O)C2CN(Cc3ccccc3)CC2(c2cc(Br)cs2)N/C1=N/C(=O)OC(C)(C)C. The van der Waals surface area contributed by atoms with Crippen LogP contribution in [-0.2, 0) is 21.6 Å². The zero-order valence-electron chi connectivity index (χ0n) is 18.6. The van der Waals surface area contributed by atoms with Gasteiger partial charge in [-0.3, -0.25) is 14.6 Å². The van der Waals surface area contributed by atoms with Crippen molar-refractivity contribution < 1.29 is 14.3 Å². The van der Waals surface area contributed by atoms with Crippen molar-refractivity contribution in [3.63, 3.8) is 0 Å². The Balaban J connectivity index is 1.69. The van der Waals surface area contributed by atoms with Crippen LogP contribution in [0.25, 0.3) is 0 Å². The van der Waals surface area contributed by atoms with Gasteiger partial charge in [0.05, 0.1) is 5.92 Å².